The van der Waals surface area contributed by atoms with E-state index in [2.05, 4.69) is 72.4 Å². The van der Waals surface area contributed by atoms with Gasteiger partial charge in [0.1, 0.15) is 0 Å². The lowest BCUT2D eigenvalue weighted by Gasteiger charge is -2.26. The number of carbonyl (C=O) groups is 4. The number of ketones is 1. The third kappa shape index (κ3) is 17.4. The van der Waals surface area contributed by atoms with Crippen LogP contribution in [-0.2, 0) is 51.4 Å². The van der Waals surface area contributed by atoms with E-state index in [4.69, 9.17) is 41.1 Å². The summed E-state index contributed by atoms with van der Waals surface area (Å²) in [6.45, 7) is 24.5. The van der Waals surface area contributed by atoms with Crippen LogP contribution in [0.3, 0.4) is 0 Å². The van der Waals surface area contributed by atoms with Gasteiger partial charge in [-0.1, -0.05) is 11.6 Å². The van der Waals surface area contributed by atoms with Gasteiger partial charge in [0.15, 0.2) is 5.78 Å². The number of aromatic amines is 1. The van der Waals surface area contributed by atoms with E-state index >= 15 is 0 Å². The van der Waals surface area contributed by atoms with E-state index in [0.29, 0.717) is 70.8 Å². The Balaban J connectivity index is 0.000000149. The Hall–Kier alpha value is -11.8. The third-order valence-corrected chi connectivity index (χ3v) is 22.5. The minimum absolute atomic E-state index is 0.0597. The minimum Gasteiger partial charge on any atom is -0.478 e. The van der Waals surface area contributed by atoms with Crippen LogP contribution < -0.4 is 31.3 Å². The van der Waals surface area contributed by atoms with Gasteiger partial charge in [0.2, 0.25) is 17.8 Å². The summed E-state index contributed by atoms with van der Waals surface area (Å²) < 4.78 is 43.0. The molecule has 7 aromatic heterocycles. The van der Waals surface area contributed by atoms with Gasteiger partial charge in [-0.3, -0.25) is 32.8 Å². The number of ether oxygens (including phenoxy) is 4. The Morgan fingerprint density at radius 2 is 0.931 bits per heavy atom. The number of aryl methyl sites for hydroxylation is 8. The number of carboxylic acids is 1. The number of benzene rings is 3. The molecule has 1 aliphatic carbocycles. The number of Topliss-reactive ketones (excluding diaryl/α,β-unsaturated/α-hetero) is 1. The average molecular weight is 1580 g/mol. The number of H-pyrrole nitrogens is 1. The lowest BCUT2D eigenvalue weighted by Crippen LogP contribution is -2.38. The Labute approximate surface area is 674 Å². The molecule has 0 spiro atoms. The zero-order valence-electron chi connectivity index (χ0n) is 69.2. The molecule has 6 aliphatic heterocycles. The predicted molar refractivity (Wildman–Crippen MR) is 440 cm³/mol. The number of carbonyl (C=O) groups excluding carboxylic acids is 3. The first kappa shape index (κ1) is 82.2. The number of nitrogens with one attached hydrogen (secondary N) is 2. The quantitative estimate of drug-likeness (QED) is 0.0595. The molecule has 17 rings (SSSR count). The number of nitrogens with zero attached hydrogens (tertiary/aromatic N) is 15. The van der Waals surface area contributed by atoms with E-state index in [1.54, 1.807) is 29.3 Å². The first-order chi connectivity index (χ1) is 56.1. The summed E-state index contributed by atoms with van der Waals surface area (Å²) in [5, 5.41) is 32.9. The van der Waals surface area contributed by atoms with Crippen LogP contribution in [0.1, 0.15) is 122 Å². The van der Waals surface area contributed by atoms with Gasteiger partial charge in [0.05, 0.1) is 119 Å². The zero-order chi connectivity index (χ0) is 84.0. The highest BCUT2D eigenvalue weighted by Gasteiger charge is 2.43. The molecule has 608 valence electrons. The van der Waals surface area contributed by atoms with Gasteiger partial charge >= 0.3 is 11.9 Å². The summed E-state index contributed by atoms with van der Waals surface area (Å²) in [5.74, 6) is 0.629. The van der Waals surface area contributed by atoms with Crippen molar-refractivity contribution in [3.8, 4) is 67.2 Å². The number of esters is 1. The molecule has 0 unspecified atom stereocenters. The number of methoxy groups -OCH3 is 1. The molecule has 6 saturated heterocycles. The zero-order valence-corrected chi connectivity index (χ0v) is 68.2. The largest absolute Gasteiger partial charge is 0.478 e. The highest BCUT2D eigenvalue weighted by molar-refractivity contribution is 6.03. The minimum atomic E-state index is -1.00. The number of aliphatic hydroxyl groups excluding tert-OH is 1. The number of amides is 1. The maximum absolute atomic E-state index is 13.6. The number of carboxylic acid groups (broad SMARTS) is 1. The summed E-state index contributed by atoms with van der Waals surface area (Å²) in [4.78, 5) is 99.0. The van der Waals surface area contributed by atoms with Crippen LogP contribution in [0.4, 0.5) is 22.2 Å². The van der Waals surface area contributed by atoms with Gasteiger partial charge in [0.25, 0.3) is 11.5 Å². The molecule has 0 saturated carbocycles. The van der Waals surface area contributed by atoms with Gasteiger partial charge in [-0.05, 0) is 192 Å². The van der Waals surface area contributed by atoms with E-state index in [1.165, 1.54) is 7.11 Å². The second-order valence-corrected chi connectivity index (χ2v) is 30.2. The van der Waals surface area contributed by atoms with Crippen LogP contribution in [0.2, 0.25) is 0 Å². The second-order valence-electron chi connectivity index (χ2n) is 30.2. The van der Waals surface area contributed by atoms with E-state index in [-0.39, 0.29) is 53.6 Å². The summed E-state index contributed by atoms with van der Waals surface area (Å²) in [5.41, 5.74) is 27.7. The fourth-order valence-electron chi connectivity index (χ4n) is 16.5. The fraction of sp³-hybridized carbons (Fsp3) is 0.395. The summed E-state index contributed by atoms with van der Waals surface area (Å²) in [7, 11) is 7.06. The van der Waals surface area contributed by atoms with E-state index in [1.807, 2.05) is 167 Å². The first-order valence-electron chi connectivity index (χ1n) is 39.1. The highest BCUT2D eigenvalue weighted by Crippen LogP contribution is 2.40. The second kappa shape index (κ2) is 35.9. The lowest BCUT2D eigenvalue weighted by molar-refractivity contribution is -0.115. The van der Waals surface area contributed by atoms with E-state index in [0.717, 1.165) is 189 Å². The topological polar surface area (TPSA) is 357 Å². The number of aliphatic hydroxyl groups is 1. The number of nitrogens with two attached hydrogens (primary N) is 1. The van der Waals surface area contributed by atoms with Crippen molar-refractivity contribution in [2.24, 2.45) is 26.9 Å². The molecular weight excluding hydrogens is 1480 g/mol. The van der Waals surface area contributed by atoms with Crippen molar-refractivity contribution in [1.82, 2.24) is 69.5 Å². The van der Waals surface area contributed by atoms with Crippen molar-refractivity contribution in [3.63, 3.8) is 0 Å². The van der Waals surface area contributed by atoms with E-state index < -0.39 is 13.1 Å². The molecule has 6 atom stereocenters. The molecule has 6 fully saturated rings. The van der Waals surface area contributed by atoms with Gasteiger partial charge in [-0.15, -0.1) is 0 Å². The first-order valence-corrected chi connectivity index (χ1v) is 38.4. The predicted octanol–water partition coefficient (Wildman–Crippen LogP) is 10.5. The molecule has 10 aromatic rings. The van der Waals surface area contributed by atoms with Crippen LogP contribution in [0, 0.1) is 55.4 Å². The number of anilines is 3. The van der Waals surface area contributed by atoms with Crippen LogP contribution in [-0.4, -0.2) is 202 Å². The number of morpholine rings is 3. The molecule has 6 N–H and O–H groups in total. The number of allylic oxidation sites excluding steroid dienone is 3. The molecule has 7 aliphatic rings. The SMILES string of the molecule is CC1=CC(C)=C(CNC(=O)c2cc(-c3cnc(N4C[C@@H]5C[C@H]4CO5)nc3)cc(-c3c(C)cnn3C)c2C)C(=O)C1.CO.COC(=O)c1cc(-c2cnc(N3C[C@@H]4C[C@H]3CO4)nc2)cc(-c2c(C)cnn2C)c1C.Cc1cc(C)c(CN)c(=O)[nH]1.Cc1cnn(C)c1-c1cc(-c2cnc(N3C[C@@H]4C[C@H]3CO4)nc2)cc(C(=O)O)c1C.[2H]CF. The van der Waals surface area contributed by atoms with Crippen LogP contribution in [0.15, 0.2) is 126 Å². The number of hydrogen-bond donors (Lipinski definition) is 5. The van der Waals surface area contributed by atoms with Crippen molar-refractivity contribution in [2.75, 3.05) is 82.1 Å². The number of pyridine rings is 1. The normalized spacial score (nSPS) is 18.7. The van der Waals surface area contributed by atoms with Gasteiger partial charge in [0, 0.05) is 160 Å². The number of halogens is 1. The van der Waals surface area contributed by atoms with Crippen LogP contribution in [0.25, 0.3) is 67.2 Å². The smallest absolute Gasteiger partial charge is 0.338 e. The molecule has 13 heterocycles. The number of aromatic nitrogens is 13. The molecule has 29 nitrogen and oxygen atoms in total. The molecule has 6 bridgehead atoms. The average Bonchev–Trinajstić information content (AvgIpc) is 1.77. The third-order valence-electron chi connectivity index (χ3n) is 22.5. The monoisotopic (exact) mass is 1580 g/mol. The summed E-state index contributed by atoms with van der Waals surface area (Å²) >= 11 is 0. The van der Waals surface area contributed by atoms with Crippen molar-refractivity contribution < 1.29 is 54.1 Å². The number of fused-ring (bicyclic) bond motifs is 6. The molecule has 1 amide bonds. The maximum Gasteiger partial charge on any atom is 0.338 e. The highest BCUT2D eigenvalue weighted by atomic mass is 19.1. The van der Waals surface area contributed by atoms with Crippen LogP contribution >= 0.6 is 0 Å². The summed E-state index contributed by atoms with van der Waals surface area (Å²) in [6, 6.07) is 14.5. The Morgan fingerprint density at radius 1 is 0.560 bits per heavy atom. The Kier molecular flexibility index (Phi) is 25.4. The van der Waals surface area contributed by atoms with Gasteiger partial charge in [-0.2, -0.15) is 15.3 Å². The van der Waals surface area contributed by atoms with Crippen LogP contribution in [0.5, 0.6) is 0 Å². The number of alkyl halides is 1. The molecule has 3 aromatic carbocycles. The maximum atomic E-state index is 13.6. The molecule has 0 radical (unpaired) electrons. The van der Waals surface area contributed by atoms with Crippen molar-refractivity contribution >= 4 is 41.5 Å². The standard InChI is InChI=1S/C31H34N6O3.C23H25N5O3.C22H23N5O3.C8H12N2O.CH3F.CH4O/c1-17-6-18(2)27(28(38)7-17)14-32-30(39)26-9-21(8-25(20(26)4)29-19(3)11-35-36(29)5)22-12-33-31(34-13-22)37-15-24-10-23(37)16-40-24;1-13-8-26-27(3)21(13)19-5-15(6-20(14(19)2)22(29)30-4)16-9-24-23(25-10-16)28-11-18-7-17(28)12-31-18;1-12-7-25-26(3)20(12)18-4-14(5-19(13(18)2)21(28)29)15-8-23-22(24-9-15)27-10-17-6-16(27)11-30-17;1-5-3-6(2)10-8(11)7(5)4-9;2*1-2/h6,8-9,11-13,23-24H,7,10,14-16H2,1-5H3,(H,32,39);5-6,8-10,17-18H,7,11-12H2,1-4H3;4-5,7-9,16-17H,6,10-11H2,1-3H3,(H,28,29);3H,4,9H2,1-2H3,(H,10,11);1H3;2H,1H3/t23-,24-;17-,18-;16-,17-;;;/m000.../s1/i;;;;1D;. The van der Waals surface area contributed by atoms with E-state index in [9.17, 15) is 33.5 Å². The number of aromatic carboxylic acids is 1. The number of rotatable bonds is 15. The fourth-order valence-corrected chi connectivity index (χ4v) is 16.5. The molecular formula is C86H101FN18O11. The summed E-state index contributed by atoms with van der Waals surface area (Å²) in [6.07, 6.45) is 22.6. The van der Waals surface area contributed by atoms with Gasteiger partial charge in [-0.25, -0.2) is 39.5 Å². The molecule has 30 heteroatoms. The Morgan fingerprint density at radius 3 is 1.25 bits per heavy atom. The van der Waals surface area contributed by atoms with Crippen molar-refractivity contribution in [3.05, 3.63) is 198 Å². The van der Waals surface area contributed by atoms with Crippen molar-refractivity contribution in [2.45, 2.75) is 138 Å². The lowest BCUT2D eigenvalue weighted by atomic mass is 9.91. The van der Waals surface area contributed by atoms with Gasteiger partial charge < -0.3 is 59.9 Å². The number of hydrogen-bond acceptors (Lipinski definition) is 23. The van der Waals surface area contributed by atoms with Crippen molar-refractivity contribution in [1.29, 1.82) is 0 Å². The Bertz CT molecular complexity index is 5430. The molecule has 116 heavy (non-hydrogen) atoms.